The van der Waals surface area contributed by atoms with Crippen molar-refractivity contribution in [3.63, 3.8) is 0 Å². The van der Waals surface area contributed by atoms with Crippen molar-refractivity contribution in [3.8, 4) is 5.75 Å². The number of rotatable bonds is 6. The Morgan fingerprint density at radius 1 is 1.43 bits per heavy atom. The predicted molar refractivity (Wildman–Crippen MR) is 81.6 cm³/mol. The molecule has 0 aliphatic heterocycles. The van der Waals surface area contributed by atoms with Gasteiger partial charge in [-0.25, -0.2) is 5.43 Å². The highest BCUT2D eigenvalue weighted by atomic mass is 35.5. The summed E-state index contributed by atoms with van der Waals surface area (Å²) >= 11 is 11.7. The molecule has 0 spiro atoms. The van der Waals surface area contributed by atoms with E-state index in [4.69, 9.17) is 33.7 Å². The topological polar surface area (TPSA) is 93.8 Å². The van der Waals surface area contributed by atoms with Crippen LogP contribution in [-0.2, 0) is 9.59 Å². The highest BCUT2D eigenvalue weighted by Crippen LogP contribution is 2.28. The minimum absolute atomic E-state index is 0.0292. The molecule has 1 atom stereocenters. The number of halogens is 2. The van der Waals surface area contributed by atoms with Crippen LogP contribution in [-0.4, -0.2) is 23.6 Å². The van der Waals surface area contributed by atoms with Crippen molar-refractivity contribution >= 4 is 40.7 Å². The Morgan fingerprint density at radius 3 is 2.67 bits per heavy atom. The van der Waals surface area contributed by atoms with Crippen LogP contribution in [0.5, 0.6) is 5.75 Å². The highest BCUT2D eigenvalue weighted by Gasteiger charge is 2.16. The molecule has 0 radical (unpaired) electrons. The number of nitrogens with one attached hydrogen (secondary N) is 1. The molecule has 114 valence electrons. The average molecular weight is 332 g/mol. The Morgan fingerprint density at radius 2 is 2.10 bits per heavy atom. The molecule has 0 aliphatic rings. The molecule has 8 heteroatoms. The van der Waals surface area contributed by atoms with E-state index in [1.54, 1.807) is 26.0 Å². The average Bonchev–Trinajstić information content (AvgIpc) is 2.38. The minimum atomic E-state index is -0.825. The fourth-order valence-corrected chi connectivity index (χ4v) is 1.80. The number of ether oxygens (including phenoxy) is 1. The summed E-state index contributed by atoms with van der Waals surface area (Å²) in [6, 6.07) is 4.68. The Hall–Kier alpha value is -1.79. The molecular weight excluding hydrogens is 317 g/mol. The molecule has 1 aromatic rings. The summed E-state index contributed by atoms with van der Waals surface area (Å²) in [6.07, 6.45) is -0.854. The van der Waals surface area contributed by atoms with E-state index in [9.17, 15) is 9.59 Å². The Kier molecular flexibility index (Phi) is 6.45. The maximum atomic E-state index is 11.8. The first-order valence-corrected chi connectivity index (χ1v) is 6.78. The van der Waals surface area contributed by atoms with Crippen molar-refractivity contribution < 1.29 is 14.3 Å². The summed E-state index contributed by atoms with van der Waals surface area (Å²) in [4.78, 5) is 22.5. The molecule has 0 aromatic heterocycles. The van der Waals surface area contributed by atoms with E-state index in [1.165, 1.54) is 6.07 Å². The second-order valence-corrected chi connectivity index (χ2v) is 5.14. The van der Waals surface area contributed by atoms with Crippen LogP contribution in [0.15, 0.2) is 23.3 Å². The molecule has 6 nitrogen and oxygen atoms in total. The lowest BCUT2D eigenvalue weighted by Crippen LogP contribution is -2.34. The number of carbonyl (C=O) groups excluding carboxylic acids is 2. The molecule has 0 saturated heterocycles. The molecule has 0 heterocycles. The van der Waals surface area contributed by atoms with Crippen LogP contribution in [0.25, 0.3) is 0 Å². The van der Waals surface area contributed by atoms with Crippen LogP contribution < -0.4 is 15.9 Å². The molecule has 0 bridgehead atoms. The van der Waals surface area contributed by atoms with Gasteiger partial charge in [0.15, 0.2) is 6.10 Å². The second-order valence-electron chi connectivity index (χ2n) is 4.30. The monoisotopic (exact) mass is 331 g/mol. The number of hydrazone groups is 1. The van der Waals surface area contributed by atoms with E-state index in [2.05, 4.69) is 10.5 Å². The Labute approximate surface area is 132 Å². The number of hydrogen-bond acceptors (Lipinski definition) is 4. The van der Waals surface area contributed by atoms with Crippen LogP contribution >= 0.6 is 23.2 Å². The smallest absolute Gasteiger partial charge is 0.280 e. The summed E-state index contributed by atoms with van der Waals surface area (Å²) in [7, 11) is 0. The maximum Gasteiger partial charge on any atom is 0.280 e. The van der Waals surface area contributed by atoms with Gasteiger partial charge in [0.25, 0.3) is 5.91 Å². The number of primary amides is 1. The van der Waals surface area contributed by atoms with Gasteiger partial charge in [-0.1, -0.05) is 23.2 Å². The molecule has 21 heavy (non-hydrogen) atoms. The lowest BCUT2D eigenvalue weighted by molar-refractivity contribution is -0.127. The molecule has 3 N–H and O–H groups in total. The van der Waals surface area contributed by atoms with Gasteiger partial charge in [-0.05, 0) is 32.0 Å². The predicted octanol–water partition coefficient (Wildman–Crippen LogP) is 2.13. The van der Waals surface area contributed by atoms with E-state index in [0.717, 1.165) is 0 Å². The van der Waals surface area contributed by atoms with Gasteiger partial charge in [0.05, 0.1) is 11.4 Å². The number of benzene rings is 1. The van der Waals surface area contributed by atoms with E-state index >= 15 is 0 Å². The quantitative estimate of drug-likeness (QED) is 0.617. The summed E-state index contributed by atoms with van der Waals surface area (Å²) in [5.41, 5.74) is 7.69. The summed E-state index contributed by atoms with van der Waals surface area (Å²) < 4.78 is 5.41. The van der Waals surface area contributed by atoms with Crippen LogP contribution in [0.1, 0.15) is 20.3 Å². The number of carbonyl (C=O) groups is 2. The Balaban J connectivity index is 2.60. The van der Waals surface area contributed by atoms with Gasteiger partial charge in [0.1, 0.15) is 5.75 Å². The summed E-state index contributed by atoms with van der Waals surface area (Å²) in [5, 5.41) is 4.52. The minimum Gasteiger partial charge on any atom is -0.479 e. The van der Waals surface area contributed by atoms with E-state index < -0.39 is 17.9 Å². The second kappa shape index (κ2) is 7.85. The zero-order chi connectivity index (χ0) is 16.0. The van der Waals surface area contributed by atoms with Gasteiger partial charge >= 0.3 is 0 Å². The van der Waals surface area contributed by atoms with Crippen molar-refractivity contribution in [1.29, 1.82) is 0 Å². The van der Waals surface area contributed by atoms with Crippen molar-refractivity contribution in [2.24, 2.45) is 10.8 Å². The number of nitrogens with two attached hydrogens (primary N) is 1. The van der Waals surface area contributed by atoms with E-state index in [0.29, 0.717) is 21.5 Å². The van der Waals surface area contributed by atoms with Gasteiger partial charge in [-0.3, -0.25) is 9.59 Å². The first-order valence-electron chi connectivity index (χ1n) is 6.02. The fraction of sp³-hybridized carbons (Fsp3) is 0.308. The Bertz CT molecular complexity index is 576. The van der Waals surface area contributed by atoms with Crippen molar-refractivity contribution in [2.75, 3.05) is 0 Å². The zero-order valence-corrected chi connectivity index (χ0v) is 13.0. The van der Waals surface area contributed by atoms with Crippen LogP contribution in [0, 0.1) is 0 Å². The molecule has 0 fully saturated rings. The van der Waals surface area contributed by atoms with Crippen LogP contribution in [0.2, 0.25) is 10.0 Å². The van der Waals surface area contributed by atoms with Crippen LogP contribution in [0.3, 0.4) is 0 Å². The first-order chi connectivity index (χ1) is 9.79. The van der Waals surface area contributed by atoms with Gasteiger partial charge in [0, 0.05) is 10.7 Å². The van der Waals surface area contributed by atoms with Gasteiger partial charge in [-0.2, -0.15) is 5.10 Å². The zero-order valence-electron chi connectivity index (χ0n) is 11.5. The largest absolute Gasteiger partial charge is 0.479 e. The molecule has 0 saturated carbocycles. The molecule has 1 unspecified atom stereocenters. The first kappa shape index (κ1) is 17.3. The molecule has 1 aromatic carbocycles. The normalized spacial score (nSPS) is 12.7. The highest BCUT2D eigenvalue weighted by molar-refractivity contribution is 6.35. The number of hydrogen-bond donors (Lipinski definition) is 2. The molecule has 2 amide bonds. The molecule has 0 aliphatic carbocycles. The number of amides is 2. The number of nitrogens with zero attached hydrogens (tertiary/aromatic N) is 1. The van der Waals surface area contributed by atoms with Crippen LogP contribution in [0.4, 0.5) is 0 Å². The SMILES string of the molecule is C/C(CC(N)=O)=N\NC(=O)C(C)Oc1ccc(Cl)cc1Cl. The summed E-state index contributed by atoms with van der Waals surface area (Å²) in [6.45, 7) is 3.12. The standard InChI is InChI=1S/C13H15Cl2N3O3/c1-7(5-12(16)19)17-18-13(20)8(2)21-11-4-3-9(14)6-10(11)15/h3-4,6,8H,5H2,1-2H3,(H2,16,19)(H,18,20)/b17-7+. The van der Waals surface area contributed by atoms with Gasteiger partial charge < -0.3 is 10.5 Å². The van der Waals surface area contributed by atoms with Crippen molar-refractivity contribution in [2.45, 2.75) is 26.4 Å². The lowest BCUT2D eigenvalue weighted by atomic mass is 10.3. The third-order valence-electron chi connectivity index (χ3n) is 2.35. The molecule has 1 rings (SSSR count). The fourth-order valence-electron chi connectivity index (χ4n) is 1.35. The maximum absolute atomic E-state index is 11.8. The van der Waals surface area contributed by atoms with Crippen molar-refractivity contribution in [3.05, 3.63) is 28.2 Å². The lowest BCUT2D eigenvalue weighted by Gasteiger charge is -2.14. The van der Waals surface area contributed by atoms with E-state index in [1.807, 2.05) is 0 Å². The third-order valence-corrected chi connectivity index (χ3v) is 2.88. The summed E-state index contributed by atoms with van der Waals surface area (Å²) in [5.74, 6) is -0.672. The van der Waals surface area contributed by atoms with E-state index in [-0.39, 0.29) is 6.42 Å². The third kappa shape index (κ3) is 6.01. The molecular formula is C13H15Cl2N3O3. The van der Waals surface area contributed by atoms with Gasteiger partial charge in [-0.15, -0.1) is 0 Å². The van der Waals surface area contributed by atoms with Crippen molar-refractivity contribution in [1.82, 2.24) is 5.43 Å². The van der Waals surface area contributed by atoms with Gasteiger partial charge in [0.2, 0.25) is 5.91 Å².